The third kappa shape index (κ3) is 2.35. The number of amides is 1. The predicted molar refractivity (Wildman–Crippen MR) is 64.0 cm³/mol. The number of carbonyl (C=O) groups excluding carboxylic acids is 1. The van der Waals surface area contributed by atoms with Gasteiger partial charge in [-0.15, -0.1) is 0 Å². The van der Waals surface area contributed by atoms with Crippen LogP contribution in [0.5, 0.6) is 0 Å². The number of β-amino-alcohol motifs (C(OH)–C–C–N with tert-alkyl or cyclic N) is 1. The van der Waals surface area contributed by atoms with Crippen LogP contribution in [-0.2, 0) is 9.59 Å². The van der Waals surface area contributed by atoms with Crippen molar-refractivity contribution in [3.05, 3.63) is 0 Å². The molecule has 18 heavy (non-hydrogen) atoms. The zero-order valence-electron chi connectivity index (χ0n) is 10.6. The number of aliphatic hydroxyl groups excluding tert-OH is 1. The van der Waals surface area contributed by atoms with E-state index in [4.69, 9.17) is 5.11 Å². The predicted octanol–water partition coefficient (Wildman–Crippen LogP) is -0.435. The van der Waals surface area contributed by atoms with E-state index in [0.717, 1.165) is 19.4 Å². The SMILES string of the molecule is CC1(C(=O)N2CC(O)C[C@H]2C(=O)O)CCCCN1. The van der Waals surface area contributed by atoms with Crippen molar-refractivity contribution in [2.75, 3.05) is 13.1 Å². The van der Waals surface area contributed by atoms with Crippen LogP contribution in [0.1, 0.15) is 32.6 Å². The summed E-state index contributed by atoms with van der Waals surface area (Å²) in [5, 5.41) is 21.9. The van der Waals surface area contributed by atoms with Gasteiger partial charge in [-0.1, -0.05) is 0 Å². The molecule has 2 aliphatic heterocycles. The van der Waals surface area contributed by atoms with E-state index in [2.05, 4.69) is 5.32 Å². The molecule has 2 unspecified atom stereocenters. The van der Waals surface area contributed by atoms with Gasteiger partial charge in [0.2, 0.25) is 5.91 Å². The zero-order valence-corrected chi connectivity index (χ0v) is 10.6. The zero-order chi connectivity index (χ0) is 13.3. The van der Waals surface area contributed by atoms with Crippen LogP contribution >= 0.6 is 0 Å². The lowest BCUT2D eigenvalue weighted by molar-refractivity contribution is -0.151. The molecule has 0 aromatic heterocycles. The van der Waals surface area contributed by atoms with Crippen molar-refractivity contribution < 1.29 is 19.8 Å². The van der Waals surface area contributed by atoms with Gasteiger partial charge in [0, 0.05) is 13.0 Å². The Bertz CT molecular complexity index is 352. The van der Waals surface area contributed by atoms with Gasteiger partial charge in [0.1, 0.15) is 6.04 Å². The minimum atomic E-state index is -1.04. The fraction of sp³-hybridized carbons (Fsp3) is 0.833. The third-order valence-electron chi connectivity index (χ3n) is 3.92. The van der Waals surface area contributed by atoms with Gasteiger partial charge in [0.05, 0.1) is 11.6 Å². The Morgan fingerprint density at radius 3 is 2.67 bits per heavy atom. The fourth-order valence-electron chi connectivity index (χ4n) is 2.83. The summed E-state index contributed by atoms with van der Waals surface area (Å²) in [7, 11) is 0. The van der Waals surface area contributed by atoms with E-state index >= 15 is 0 Å². The molecule has 3 N–H and O–H groups in total. The number of carboxylic acid groups (broad SMARTS) is 1. The van der Waals surface area contributed by atoms with Crippen LogP contribution in [0, 0.1) is 0 Å². The van der Waals surface area contributed by atoms with E-state index in [1.54, 1.807) is 0 Å². The Hall–Kier alpha value is -1.14. The monoisotopic (exact) mass is 256 g/mol. The first-order chi connectivity index (χ1) is 8.44. The Kier molecular flexibility index (Phi) is 3.59. The molecule has 0 radical (unpaired) electrons. The first-order valence-electron chi connectivity index (χ1n) is 6.41. The summed E-state index contributed by atoms with van der Waals surface area (Å²) in [4.78, 5) is 24.9. The third-order valence-corrected chi connectivity index (χ3v) is 3.92. The number of carbonyl (C=O) groups is 2. The summed E-state index contributed by atoms with van der Waals surface area (Å²) < 4.78 is 0. The Labute approximate surface area is 106 Å². The highest BCUT2D eigenvalue weighted by Gasteiger charge is 2.45. The van der Waals surface area contributed by atoms with Crippen molar-refractivity contribution in [2.45, 2.75) is 50.3 Å². The maximum atomic E-state index is 12.5. The van der Waals surface area contributed by atoms with Gasteiger partial charge in [0.15, 0.2) is 0 Å². The van der Waals surface area contributed by atoms with Crippen LogP contribution in [0.2, 0.25) is 0 Å². The van der Waals surface area contributed by atoms with Crippen LogP contribution in [0.4, 0.5) is 0 Å². The highest BCUT2D eigenvalue weighted by Crippen LogP contribution is 2.26. The number of nitrogens with zero attached hydrogens (tertiary/aromatic N) is 1. The number of hydrogen-bond acceptors (Lipinski definition) is 4. The normalized spacial score (nSPS) is 36.7. The van der Waals surface area contributed by atoms with Crippen molar-refractivity contribution in [2.24, 2.45) is 0 Å². The average molecular weight is 256 g/mol. The van der Waals surface area contributed by atoms with Crippen LogP contribution < -0.4 is 5.32 Å². The highest BCUT2D eigenvalue weighted by molar-refractivity contribution is 5.90. The summed E-state index contributed by atoms with van der Waals surface area (Å²) in [5.41, 5.74) is -0.685. The van der Waals surface area contributed by atoms with Gasteiger partial charge in [0.25, 0.3) is 0 Å². The average Bonchev–Trinajstić information content (AvgIpc) is 2.71. The number of nitrogens with one attached hydrogen (secondary N) is 1. The molecule has 0 aromatic carbocycles. The van der Waals surface area contributed by atoms with Gasteiger partial charge in [-0.3, -0.25) is 4.79 Å². The topological polar surface area (TPSA) is 89.9 Å². The van der Waals surface area contributed by atoms with Crippen molar-refractivity contribution in [1.29, 1.82) is 0 Å². The quantitative estimate of drug-likeness (QED) is 0.623. The molecule has 3 atom stereocenters. The maximum Gasteiger partial charge on any atom is 0.326 e. The smallest absolute Gasteiger partial charge is 0.326 e. The second kappa shape index (κ2) is 4.85. The molecule has 0 aromatic rings. The van der Waals surface area contributed by atoms with E-state index in [0.29, 0.717) is 6.42 Å². The van der Waals surface area contributed by atoms with Crippen molar-refractivity contribution in [3.63, 3.8) is 0 Å². The summed E-state index contributed by atoms with van der Waals surface area (Å²) in [5.74, 6) is -1.24. The molecule has 2 fully saturated rings. The van der Waals surface area contributed by atoms with Crippen molar-refractivity contribution >= 4 is 11.9 Å². The van der Waals surface area contributed by atoms with Crippen LogP contribution in [0.25, 0.3) is 0 Å². The minimum absolute atomic E-state index is 0.118. The number of rotatable bonds is 2. The molecule has 0 saturated carbocycles. The largest absolute Gasteiger partial charge is 0.480 e. The van der Waals surface area contributed by atoms with E-state index < -0.39 is 23.7 Å². The first kappa shape index (κ1) is 13.3. The summed E-state index contributed by atoms with van der Waals surface area (Å²) >= 11 is 0. The van der Waals surface area contributed by atoms with Crippen LogP contribution in [-0.4, -0.2) is 57.8 Å². The Balaban J connectivity index is 2.14. The number of likely N-dealkylation sites (tertiary alicyclic amines) is 1. The lowest BCUT2D eigenvalue weighted by atomic mass is 9.89. The lowest BCUT2D eigenvalue weighted by Crippen LogP contribution is -2.59. The Morgan fingerprint density at radius 1 is 1.39 bits per heavy atom. The number of aliphatic hydroxyl groups is 1. The number of hydrogen-bond donors (Lipinski definition) is 3. The molecule has 6 heteroatoms. The fourth-order valence-corrected chi connectivity index (χ4v) is 2.83. The summed E-state index contributed by atoms with van der Waals surface area (Å²) in [6.07, 6.45) is 2.10. The Morgan fingerprint density at radius 2 is 2.11 bits per heavy atom. The molecule has 0 bridgehead atoms. The standard InChI is InChI=1S/C12H20N2O4/c1-12(4-2-3-5-13-12)11(18)14-7-8(15)6-9(14)10(16)17/h8-9,13,15H,2-7H2,1H3,(H,16,17)/t8?,9-,12?/m0/s1. The molecule has 0 aliphatic carbocycles. The second-order valence-electron chi connectivity index (χ2n) is 5.42. The number of piperidine rings is 1. The molecule has 102 valence electrons. The van der Waals surface area contributed by atoms with Crippen molar-refractivity contribution in [3.8, 4) is 0 Å². The lowest BCUT2D eigenvalue weighted by Gasteiger charge is -2.37. The molecule has 6 nitrogen and oxygen atoms in total. The molecule has 2 rings (SSSR count). The van der Waals surface area contributed by atoms with Gasteiger partial charge < -0.3 is 20.4 Å². The molecule has 1 amide bonds. The van der Waals surface area contributed by atoms with E-state index in [1.165, 1.54) is 4.90 Å². The molecule has 2 aliphatic rings. The molecular weight excluding hydrogens is 236 g/mol. The van der Waals surface area contributed by atoms with Gasteiger partial charge in [-0.25, -0.2) is 4.79 Å². The van der Waals surface area contributed by atoms with E-state index in [9.17, 15) is 14.7 Å². The van der Waals surface area contributed by atoms with E-state index in [-0.39, 0.29) is 18.9 Å². The summed E-state index contributed by atoms with van der Waals surface area (Å²) in [6.45, 7) is 2.71. The maximum absolute atomic E-state index is 12.5. The minimum Gasteiger partial charge on any atom is -0.480 e. The molecular formula is C12H20N2O4. The highest BCUT2D eigenvalue weighted by atomic mass is 16.4. The van der Waals surface area contributed by atoms with Crippen molar-refractivity contribution in [1.82, 2.24) is 10.2 Å². The summed E-state index contributed by atoms with van der Waals surface area (Å²) in [6, 6.07) is -0.895. The second-order valence-corrected chi connectivity index (χ2v) is 5.42. The van der Waals surface area contributed by atoms with Gasteiger partial charge >= 0.3 is 5.97 Å². The molecule has 2 saturated heterocycles. The number of aliphatic carboxylic acids is 1. The van der Waals surface area contributed by atoms with Crippen LogP contribution in [0.3, 0.4) is 0 Å². The number of carboxylic acids is 1. The molecule has 2 heterocycles. The van der Waals surface area contributed by atoms with Gasteiger partial charge in [-0.2, -0.15) is 0 Å². The first-order valence-corrected chi connectivity index (χ1v) is 6.41. The van der Waals surface area contributed by atoms with E-state index in [1.807, 2.05) is 6.92 Å². The molecule has 0 spiro atoms. The van der Waals surface area contributed by atoms with Crippen LogP contribution in [0.15, 0.2) is 0 Å². The van der Waals surface area contributed by atoms with Gasteiger partial charge in [-0.05, 0) is 32.7 Å².